The lowest BCUT2D eigenvalue weighted by molar-refractivity contribution is 1.26. The molecule has 0 radical (unpaired) electrons. The van der Waals surface area contributed by atoms with Crippen molar-refractivity contribution in [3.63, 3.8) is 0 Å². The molecule has 1 aromatic carbocycles. The molecule has 0 aliphatic carbocycles. The number of anilines is 1. The van der Waals surface area contributed by atoms with Gasteiger partial charge in [-0.1, -0.05) is 23.7 Å². The van der Waals surface area contributed by atoms with Gasteiger partial charge in [-0.25, -0.2) is 4.98 Å². The molecule has 0 amide bonds. The van der Waals surface area contributed by atoms with Gasteiger partial charge in [-0.05, 0) is 35.7 Å². The molecule has 0 atom stereocenters. The third kappa shape index (κ3) is 1.89. The van der Waals surface area contributed by atoms with Crippen LogP contribution in [0.2, 0.25) is 5.02 Å². The quantitative estimate of drug-likeness (QED) is 0.724. The van der Waals surface area contributed by atoms with Crippen molar-refractivity contribution in [3.05, 3.63) is 53.7 Å². The fraction of sp³-hybridized carbons (Fsp3) is 0. The van der Waals surface area contributed by atoms with Crippen LogP contribution in [0.15, 0.2) is 48.7 Å². The summed E-state index contributed by atoms with van der Waals surface area (Å²) in [7, 11) is 0. The fourth-order valence-corrected chi connectivity index (χ4v) is 2.06. The van der Waals surface area contributed by atoms with E-state index < -0.39 is 0 Å². The van der Waals surface area contributed by atoms with Crippen molar-refractivity contribution in [1.82, 2.24) is 9.97 Å². The topological polar surface area (TPSA) is 51.8 Å². The van der Waals surface area contributed by atoms with Gasteiger partial charge >= 0.3 is 0 Å². The molecule has 0 aliphatic heterocycles. The second-order valence-electron chi connectivity index (χ2n) is 3.97. The summed E-state index contributed by atoms with van der Waals surface area (Å²) in [5.41, 5.74) is 7.54. The highest BCUT2D eigenvalue weighted by Gasteiger charge is 2.06. The Kier molecular flexibility index (Phi) is 2.61. The summed E-state index contributed by atoms with van der Waals surface area (Å²) < 4.78 is 0. The van der Waals surface area contributed by atoms with Gasteiger partial charge in [0.15, 0.2) is 0 Å². The third-order valence-electron chi connectivity index (χ3n) is 2.75. The van der Waals surface area contributed by atoms with E-state index in [1.807, 2.05) is 42.5 Å². The molecule has 2 heterocycles. The number of fused-ring (bicyclic) bond motifs is 1. The molecule has 3 aromatic rings. The first kappa shape index (κ1) is 11.0. The number of hydrogen-bond acceptors (Lipinski definition) is 3. The van der Waals surface area contributed by atoms with Crippen LogP contribution >= 0.6 is 11.6 Å². The van der Waals surface area contributed by atoms with Gasteiger partial charge < -0.3 is 5.73 Å². The van der Waals surface area contributed by atoms with E-state index in [9.17, 15) is 0 Å². The van der Waals surface area contributed by atoms with E-state index in [0.29, 0.717) is 10.8 Å². The maximum Gasteiger partial charge on any atom is 0.132 e. The van der Waals surface area contributed by atoms with Crippen LogP contribution < -0.4 is 5.73 Å². The van der Waals surface area contributed by atoms with Crippen LogP contribution in [-0.2, 0) is 0 Å². The van der Waals surface area contributed by atoms with E-state index in [1.54, 1.807) is 6.20 Å². The average molecular weight is 256 g/mol. The summed E-state index contributed by atoms with van der Waals surface area (Å²) in [5.74, 6) is 0.468. The number of benzene rings is 1. The molecule has 3 nitrogen and oxygen atoms in total. The largest absolute Gasteiger partial charge is 0.383 e. The first-order chi connectivity index (χ1) is 8.74. The van der Waals surface area contributed by atoms with Crippen LogP contribution in [0.5, 0.6) is 0 Å². The Hall–Kier alpha value is -2.13. The van der Waals surface area contributed by atoms with Crippen LogP contribution in [0.4, 0.5) is 5.82 Å². The Labute approximate surface area is 109 Å². The van der Waals surface area contributed by atoms with Crippen molar-refractivity contribution in [3.8, 4) is 11.4 Å². The van der Waals surface area contributed by atoms with Crippen molar-refractivity contribution >= 4 is 28.2 Å². The van der Waals surface area contributed by atoms with E-state index in [4.69, 9.17) is 17.3 Å². The molecular formula is C14H10ClN3. The van der Waals surface area contributed by atoms with E-state index in [1.165, 1.54) is 0 Å². The predicted molar refractivity (Wildman–Crippen MR) is 74.4 cm³/mol. The minimum absolute atomic E-state index is 0.468. The zero-order valence-electron chi connectivity index (χ0n) is 9.47. The van der Waals surface area contributed by atoms with E-state index >= 15 is 0 Å². The second-order valence-corrected chi connectivity index (χ2v) is 4.41. The zero-order chi connectivity index (χ0) is 12.5. The molecule has 0 unspecified atom stereocenters. The Morgan fingerprint density at radius 2 is 1.89 bits per heavy atom. The molecule has 4 heteroatoms. The van der Waals surface area contributed by atoms with Gasteiger partial charge in [-0.3, -0.25) is 4.98 Å². The maximum atomic E-state index is 5.97. The molecule has 0 saturated heterocycles. The molecule has 0 fully saturated rings. The molecule has 3 rings (SSSR count). The number of nitrogens with zero attached hydrogens (tertiary/aromatic N) is 2. The lowest BCUT2D eigenvalue weighted by Gasteiger charge is -2.06. The smallest absolute Gasteiger partial charge is 0.132 e. The van der Waals surface area contributed by atoms with E-state index in [0.717, 1.165) is 22.2 Å². The summed E-state index contributed by atoms with van der Waals surface area (Å²) in [6.07, 6.45) is 1.74. The van der Waals surface area contributed by atoms with E-state index in [2.05, 4.69) is 9.97 Å². The summed E-state index contributed by atoms with van der Waals surface area (Å²) >= 11 is 5.95. The number of halogens is 1. The fourth-order valence-electron chi connectivity index (χ4n) is 1.89. The number of nitrogens with two attached hydrogens (primary N) is 1. The molecule has 0 saturated carbocycles. The van der Waals surface area contributed by atoms with Crippen molar-refractivity contribution in [2.75, 3.05) is 5.73 Å². The molecule has 2 N–H and O–H groups in total. The Morgan fingerprint density at radius 1 is 1.00 bits per heavy atom. The lowest BCUT2D eigenvalue weighted by Crippen LogP contribution is -1.95. The van der Waals surface area contributed by atoms with Crippen LogP contribution in [-0.4, -0.2) is 9.97 Å². The zero-order valence-corrected chi connectivity index (χ0v) is 10.2. The standard InChI is InChI=1S/C14H10ClN3/c15-10-5-4-9-7-13(12-3-1-2-6-17-12)18-14(16)11(9)8-10/h1-8H,(H2,16,18). The summed E-state index contributed by atoms with van der Waals surface area (Å²) in [5, 5.41) is 2.52. The summed E-state index contributed by atoms with van der Waals surface area (Å²) in [4.78, 5) is 8.64. The van der Waals surface area contributed by atoms with Crippen molar-refractivity contribution in [1.29, 1.82) is 0 Å². The van der Waals surface area contributed by atoms with Gasteiger partial charge in [0.1, 0.15) is 5.82 Å². The Balaban J connectivity index is 2.25. The van der Waals surface area contributed by atoms with Crippen molar-refractivity contribution in [2.45, 2.75) is 0 Å². The first-order valence-electron chi connectivity index (χ1n) is 5.51. The van der Waals surface area contributed by atoms with Crippen molar-refractivity contribution < 1.29 is 0 Å². The van der Waals surface area contributed by atoms with Gasteiger partial charge in [0.25, 0.3) is 0 Å². The number of rotatable bonds is 1. The summed E-state index contributed by atoms with van der Waals surface area (Å²) in [6, 6.07) is 13.3. The van der Waals surface area contributed by atoms with Gasteiger partial charge in [0.2, 0.25) is 0 Å². The molecule has 0 spiro atoms. The molecule has 18 heavy (non-hydrogen) atoms. The van der Waals surface area contributed by atoms with Gasteiger partial charge in [-0.15, -0.1) is 0 Å². The van der Waals surface area contributed by atoms with Crippen LogP contribution in [0.25, 0.3) is 22.2 Å². The molecule has 0 bridgehead atoms. The third-order valence-corrected chi connectivity index (χ3v) is 2.99. The first-order valence-corrected chi connectivity index (χ1v) is 5.89. The minimum Gasteiger partial charge on any atom is -0.383 e. The molecule has 0 aliphatic rings. The monoisotopic (exact) mass is 255 g/mol. The van der Waals surface area contributed by atoms with Crippen LogP contribution in [0.1, 0.15) is 0 Å². The van der Waals surface area contributed by atoms with E-state index in [-0.39, 0.29) is 0 Å². The molecular weight excluding hydrogens is 246 g/mol. The number of pyridine rings is 2. The lowest BCUT2D eigenvalue weighted by atomic mass is 10.1. The van der Waals surface area contributed by atoms with Gasteiger partial charge in [-0.2, -0.15) is 0 Å². The summed E-state index contributed by atoms with van der Waals surface area (Å²) in [6.45, 7) is 0. The van der Waals surface area contributed by atoms with Gasteiger partial charge in [0.05, 0.1) is 11.4 Å². The number of aromatic nitrogens is 2. The highest BCUT2D eigenvalue weighted by molar-refractivity contribution is 6.31. The normalized spacial score (nSPS) is 10.7. The highest BCUT2D eigenvalue weighted by atomic mass is 35.5. The number of hydrogen-bond donors (Lipinski definition) is 1. The molecule has 2 aromatic heterocycles. The Morgan fingerprint density at radius 3 is 2.67 bits per heavy atom. The average Bonchev–Trinajstić information content (AvgIpc) is 2.40. The predicted octanol–water partition coefficient (Wildman–Crippen LogP) is 3.53. The van der Waals surface area contributed by atoms with Crippen molar-refractivity contribution in [2.24, 2.45) is 0 Å². The second kappa shape index (κ2) is 4.27. The highest BCUT2D eigenvalue weighted by Crippen LogP contribution is 2.27. The number of nitrogen functional groups attached to an aromatic ring is 1. The Bertz CT molecular complexity index is 711. The van der Waals surface area contributed by atoms with Crippen LogP contribution in [0.3, 0.4) is 0 Å². The minimum atomic E-state index is 0.468. The molecule has 88 valence electrons. The maximum absolute atomic E-state index is 5.97. The van der Waals surface area contributed by atoms with Gasteiger partial charge in [0, 0.05) is 16.6 Å². The SMILES string of the molecule is Nc1nc(-c2ccccn2)cc2ccc(Cl)cc12. The van der Waals surface area contributed by atoms with Crippen LogP contribution in [0, 0.1) is 0 Å².